The molecule has 0 spiro atoms. The highest BCUT2D eigenvalue weighted by Gasteiger charge is 2.19. The van der Waals surface area contributed by atoms with Crippen LogP contribution in [0.4, 0.5) is 5.69 Å². The standard InChI is InChI=1S/C23H23N3O4S/c1-15-6-5-11-26-14-20(24-23(15)26)17-7-9-22(30-4)19(13-17)25-31(27,28)18-8-10-21(29-3)16(2)12-18/h5-14,25H,1-4H3. The van der Waals surface area contributed by atoms with E-state index in [-0.39, 0.29) is 4.90 Å². The number of aryl methyl sites for hydroxylation is 2. The van der Waals surface area contributed by atoms with E-state index < -0.39 is 10.0 Å². The molecule has 4 aromatic rings. The topological polar surface area (TPSA) is 81.9 Å². The second-order valence-electron chi connectivity index (χ2n) is 7.20. The number of hydrogen-bond donors (Lipinski definition) is 1. The lowest BCUT2D eigenvalue weighted by molar-refractivity contribution is 0.411. The summed E-state index contributed by atoms with van der Waals surface area (Å²) in [5.74, 6) is 1.04. The quantitative estimate of drug-likeness (QED) is 0.482. The molecule has 0 unspecified atom stereocenters. The Morgan fingerprint density at radius 3 is 2.35 bits per heavy atom. The zero-order valence-corrected chi connectivity index (χ0v) is 18.5. The van der Waals surface area contributed by atoms with Crippen molar-refractivity contribution in [3.63, 3.8) is 0 Å². The van der Waals surface area contributed by atoms with Crippen LogP contribution in [0.2, 0.25) is 0 Å². The number of aromatic nitrogens is 2. The number of rotatable bonds is 6. The molecule has 1 N–H and O–H groups in total. The lowest BCUT2D eigenvalue weighted by Crippen LogP contribution is -2.14. The Kier molecular flexibility index (Phi) is 5.32. The van der Waals surface area contributed by atoms with Crippen molar-refractivity contribution >= 4 is 21.4 Å². The van der Waals surface area contributed by atoms with Crippen LogP contribution in [0.15, 0.2) is 65.8 Å². The Labute approximate surface area is 181 Å². The van der Waals surface area contributed by atoms with Crippen LogP contribution in [0.5, 0.6) is 11.5 Å². The number of methoxy groups -OCH3 is 2. The highest BCUT2D eigenvalue weighted by Crippen LogP contribution is 2.33. The molecule has 0 atom stereocenters. The van der Waals surface area contributed by atoms with Crippen molar-refractivity contribution in [2.24, 2.45) is 0 Å². The van der Waals surface area contributed by atoms with Gasteiger partial charge in [0.25, 0.3) is 10.0 Å². The van der Waals surface area contributed by atoms with Gasteiger partial charge in [0.15, 0.2) is 0 Å². The molecule has 0 aliphatic carbocycles. The van der Waals surface area contributed by atoms with Gasteiger partial charge in [0, 0.05) is 18.0 Å². The monoisotopic (exact) mass is 437 g/mol. The van der Waals surface area contributed by atoms with Gasteiger partial charge in [0.05, 0.1) is 30.5 Å². The van der Waals surface area contributed by atoms with Crippen LogP contribution in [0.1, 0.15) is 11.1 Å². The molecule has 4 rings (SSSR count). The highest BCUT2D eigenvalue weighted by molar-refractivity contribution is 7.92. The van der Waals surface area contributed by atoms with Gasteiger partial charge in [-0.1, -0.05) is 6.07 Å². The zero-order valence-electron chi connectivity index (χ0n) is 17.7. The fourth-order valence-corrected chi connectivity index (χ4v) is 4.61. The second-order valence-corrected chi connectivity index (χ2v) is 8.88. The summed E-state index contributed by atoms with van der Waals surface area (Å²) in [6.07, 6.45) is 3.84. The van der Waals surface area contributed by atoms with Crippen LogP contribution in [0, 0.1) is 13.8 Å². The number of nitrogens with one attached hydrogen (secondary N) is 1. The molecule has 160 valence electrons. The van der Waals surface area contributed by atoms with Crippen molar-refractivity contribution in [3.05, 3.63) is 72.1 Å². The maximum absolute atomic E-state index is 13.0. The summed E-state index contributed by atoms with van der Waals surface area (Å²) < 4.78 is 41.2. The highest BCUT2D eigenvalue weighted by atomic mass is 32.2. The van der Waals surface area contributed by atoms with Crippen molar-refractivity contribution in [3.8, 4) is 22.8 Å². The van der Waals surface area contributed by atoms with Gasteiger partial charge >= 0.3 is 0 Å². The van der Waals surface area contributed by atoms with Crippen LogP contribution in [-0.4, -0.2) is 32.0 Å². The first-order valence-electron chi connectivity index (χ1n) is 9.62. The molecule has 0 aliphatic rings. The Morgan fingerprint density at radius 1 is 0.935 bits per heavy atom. The normalized spacial score (nSPS) is 11.5. The van der Waals surface area contributed by atoms with Crippen LogP contribution in [0.25, 0.3) is 16.9 Å². The summed E-state index contributed by atoms with van der Waals surface area (Å²) in [4.78, 5) is 4.84. The van der Waals surface area contributed by atoms with Crippen molar-refractivity contribution in [1.29, 1.82) is 0 Å². The van der Waals surface area contributed by atoms with Gasteiger partial charge in [-0.05, 0) is 67.4 Å². The lowest BCUT2D eigenvalue weighted by Gasteiger charge is -2.14. The maximum Gasteiger partial charge on any atom is 0.262 e. The fraction of sp³-hybridized carbons (Fsp3) is 0.174. The number of benzene rings is 2. The van der Waals surface area contributed by atoms with Gasteiger partial charge < -0.3 is 13.9 Å². The first kappa shape index (κ1) is 20.7. The number of hydrogen-bond acceptors (Lipinski definition) is 5. The molecule has 0 bridgehead atoms. The summed E-state index contributed by atoms with van der Waals surface area (Å²) in [6.45, 7) is 3.79. The third-order valence-electron chi connectivity index (χ3n) is 5.09. The summed E-state index contributed by atoms with van der Waals surface area (Å²) in [5.41, 5.74) is 4.47. The molecule has 0 amide bonds. The fourth-order valence-electron chi connectivity index (χ4n) is 3.46. The van der Waals surface area contributed by atoms with Crippen molar-refractivity contribution in [2.45, 2.75) is 18.7 Å². The number of anilines is 1. The predicted molar refractivity (Wildman–Crippen MR) is 120 cm³/mol. The summed E-state index contributed by atoms with van der Waals surface area (Å²) >= 11 is 0. The molecular weight excluding hydrogens is 414 g/mol. The van der Waals surface area contributed by atoms with Gasteiger partial charge in [-0.3, -0.25) is 4.72 Å². The van der Waals surface area contributed by atoms with E-state index in [1.54, 1.807) is 38.3 Å². The molecule has 0 saturated heterocycles. The average Bonchev–Trinajstić information content (AvgIpc) is 3.19. The van der Waals surface area contributed by atoms with E-state index in [0.29, 0.717) is 17.2 Å². The van der Waals surface area contributed by atoms with Gasteiger partial charge in [0.1, 0.15) is 17.1 Å². The minimum absolute atomic E-state index is 0.140. The van der Waals surface area contributed by atoms with Gasteiger partial charge in [-0.15, -0.1) is 0 Å². The van der Waals surface area contributed by atoms with Gasteiger partial charge in [0.2, 0.25) is 0 Å². The number of fused-ring (bicyclic) bond motifs is 1. The summed E-state index contributed by atoms with van der Waals surface area (Å²) in [6, 6.07) is 14.0. The Hall–Kier alpha value is -3.52. The zero-order chi connectivity index (χ0) is 22.2. The molecule has 0 aliphatic heterocycles. The van der Waals surface area contributed by atoms with E-state index in [4.69, 9.17) is 14.5 Å². The van der Waals surface area contributed by atoms with Gasteiger partial charge in [-0.25, -0.2) is 13.4 Å². The smallest absolute Gasteiger partial charge is 0.262 e. The van der Waals surface area contributed by atoms with Crippen molar-refractivity contribution in [2.75, 3.05) is 18.9 Å². The minimum atomic E-state index is -3.83. The number of pyridine rings is 1. The third kappa shape index (κ3) is 3.94. The number of sulfonamides is 1. The van der Waals surface area contributed by atoms with Crippen LogP contribution < -0.4 is 14.2 Å². The Morgan fingerprint density at radius 2 is 1.68 bits per heavy atom. The molecule has 0 radical (unpaired) electrons. The second kappa shape index (κ2) is 7.96. The summed E-state index contributed by atoms with van der Waals surface area (Å²) in [7, 11) is -0.789. The van der Waals surface area contributed by atoms with Crippen LogP contribution >= 0.6 is 0 Å². The van der Waals surface area contributed by atoms with Crippen molar-refractivity contribution in [1.82, 2.24) is 9.38 Å². The van der Waals surface area contributed by atoms with E-state index >= 15 is 0 Å². The first-order valence-corrected chi connectivity index (χ1v) is 11.1. The number of imidazole rings is 1. The van der Waals surface area contributed by atoms with E-state index in [2.05, 4.69) is 4.72 Å². The van der Waals surface area contributed by atoms with E-state index in [0.717, 1.165) is 28.0 Å². The Bertz CT molecular complexity index is 1380. The molecule has 31 heavy (non-hydrogen) atoms. The van der Waals surface area contributed by atoms with E-state index in [9.17, 15) is 8.42 Å². The molecule has 7 nitrogen and oxygen atoms in total. The van der Waals surface area contributed by atoms with E-state index in [1.165, 1.54) is 13.2 Å². The number of nitrogens with zero attached hydrogens (tertiary/aromatic N) is 2. The third-order valence-corrected chi connectivity index (χ3v) is 6.46. The lowest BCUT2D eigenvalue weighted by atomic mass is 10.1. The Balaban J connectivity index is 1.74. The predicted octanol–water partition coefficient (Wildman–Crippen LogP) is 4.44. The first-order chi connectivity index (χ1) is 14.8. The molecular formula is C23H23N3O4S. The van der Waals surface area contributed by atoms with Crippen LogP contribution in [-0.2, 0) is 10.0 Å². The van der Waals surface area contributed by atoms with Crippen LogP contribution in [0.3, 0.4) is 0 Å². The minimum Gasteiger partial charge on any atom is -0.496 e. The molecule has 2 aromatic carbocycles. The number of ether oxygens (including phenoxy) is 2. The SMILES string of the molecule is COc1ccc(S(=O)(=O)Nc2cc(-c3cn4cccc(C)c4n3)ccc2OC)cc1C. The average molecular weight is 438 g/mol. The molecule has 2 aromatic heterocycles. The largest absolute Gasteiger partial charge is 0.496 e. The molecule has 0 fully saturated rings. The van der Waals surface area contributed by atoms with Gasteiger partial charge in [-0.2, -0.15) is 0 Å². The van der Waals surface area contributed by atoms with E-state index in [1.807, 2.05) is 41.9 Å². The maximum atomic E-state index is 13.0. The molecule has 8 heteroatoms. The van der Waals surface area contributed by atoms with Crippen molar-refractivity contribution < 1.29 is 17.9 Å². The molecule has 0 saturated carbocycles. The summed E-state index contributed by atoms with van der Waals surface area (Å²) in [5, 5.41) is 0. The molecule has 2 heterocycles.